The van der Waals surface area contributed by atoms with Crippen LogP contribution in [0.15, 0.2) is 6.20 Å². The second-order valence-electron chi connectivity index (χ2n) is 5.47. The molecule has 0 N–H and O–H groups in total. The van der Waals surface area contributed by atoms with E-state index >= 15 is 0 Å². The number of aryl methyl sites for hydroxylation is 1. The molecule has 5 heteroatoms. The van der Waals surface area contributed by atoms with Gasteiger partial charge in [0.05, 0.1) is 18.5 Å². The molecule has 1 saturated heterocycles. The van der Waals surface area contributed by atoms with Gasteiger partial charge < -0.3 is 4.74 Å². The van der Waals surface area contributed by atoms with Crippen molar-refractivity contribution in [2.45, 2.75) is 39.8 Å². The first kappa shape index (κ1) is 14.1. The highest BCUT2D eigenvalue weighted by Gasteiger charge is 2.28. The Labute approximate surface area is 114 Å². The summed E-state index contributed by atoms with van der Waals surface area (Å²) in [6, 6.07) is 0.556. The van der Waals surface area contributed by atoms with Gasteiger partial charge in [-0.05, 0) is 26.2 Å². The second kappa shape index (κ2) is 5.74. The van der Waals surface area contributed by atoms with Crippen molar-refractivity contribution in [2.75, 3.05) is 13.2 Å². The van der Waals surface area contributed by atoms with Gasteiger partial charge in [-0.1, -0.05) is 6.92 Å². The van der Waals surface area contributed by atoms with Crippen LogP contribution in [0.25, 0.3) is 0 Å². The predicted molar refractivity (Wildman–Crippen MR) is 72.8 cm³/mol. The minimum atomic E-state index is -0.273. The zero-order valence-electron chi connectivity index (χ0n) is 12.2. The van der Waals surface area contributed by atoms with E-state index in [-0.39, 0.29) is 5.97 Å². The van der Waals surface area contributed by atoms with E-state index < -0.39 is 0 Å². The molecule has 1 aliphatic rings. The third-order valence-electron chi connectivity index (χ3n) is 3.82. The Hall–Kier alpha value is -1.36. The number of esters is 1. The van der Waals surface area contributed by atoms with Crippen molar-refractivity contribution in [2.24, 2.45) is 13.0 Å². The molecule has 2 heterocycles. The molecule has 0 amide bonds. The third-order valence-corrected chi connectivity index (χ3v) is 3.82. The first-order chi connectivity index (χ1) is 9.02. The molecule has 0 radical (unpaired) electrons. The Morgan fingerprint density at radius 2 is 2.26 bits per heavy atom. The number of aromatic nitrogens is 2. The van der Waals surface area contributed by atoms with Gasteiger partial charge in [-0.3, -0.25) is 9.58 Å². The molecule has 0 aromatic carbocycles. The first-order valence-corrected chi connectivity index (χ1v) is 6.95. The average molecular weight is 265 g/mol. The van der Waals surface area contributed by atoms with E-state index in [1.165, 1.54) is 6.42 Å². The summed E-state index contributed by atoms with van der Waals surface area (Å²) in [7, 11) is 1.88. The van der Waals surface area contributed by atoms with E-state index in [2.05, 4.69) is 23.8 Å². The SMILES string of the molecule is CCOC(=O)c1cnn(C)c1CN1CC(C)CC1C. The van der Waals surface area contributed by atoms with E-state index in [4.69, 9.17) is 4.74 Å². The molecule has 0 saturated carbocycles. The maximum atomic E-state index is 11.9. The predicted octanol–water partition coefficient (Wildman–Crippen LogP) is 1.83. The van der Waals surface area contributed by atoms with Gasteiger partial charge in [0.15, 0.2) is 0 Å². The van der Waals surface area contributed by atoms with E-state index in [9.17, 15) is 4.79 Å². The minimum absolute atomic E-state index is 0.273. The van der Waals surface area contributed by atoms with Crippen molar-refractivity contribution >= 4 is 5.97 Å². The fourth-order valence-electron chi connectivity index (χ4n) is 2.83. The molecule has 0 spiro atoms. The summed E-state index contributed by atoms with van der Waals surface area (Å²) in [6.07, 6.45) is 2.82. The molecule has 19 heavy (non-hydrogen) atoms. The molecule has 2 atom stereocenters. The Bertz CT molecular complexity index is 456. The number of carbonyl (C=O) groups is 1. The number of rotatable bonds is 4. The number of likely N-dealkylation sites (tertiary alicyclic amines) is 1. The van der Waals surface area contributed by atoms with Gasteiger partial charge in [0.2, 0.25) is 0 Å². The summed E-state index contributed by atoms with van der Waals surface area (Å²) in [6.45, 7) is 8.56. The largest absolute Gasteiger partial charge is 0.462 e. The second-order valence-corrected chi connectivity index (χ2v) is 5.47. The van der Waals surface area contributed by atoms with Crippen LogP contribution < -0.4 is 0 Å². The van der Waals surface area contributed by atoms with Gasteiger partial charge in [0, 0.05) is 26.2 Å². The van der Waals surface area contributed by atoms with Crippen LogP contribution in [0, 0.1) is 5.92 Å². The molecule has 2 unspecified atom stereocenters. The molecule has 2 rings (SSSR count). The summed E-state index contributed by atoms with van der Waals surface area (Å²) in [5, 5.41) is 4.20. The molecule has 1 fully saturated rings. The van der Waals surface area contributed by atoms with Crippen LogP contribution in [-0.4, -0.2) is 39.8 Å². The van der Waals surface area contributed by atoms with Gasteiger partial charge in [0.25, 0.3) is 0 Å². The van der Waals surface area contributed by atoms with Crippen LogP contribution in [-0.2, 0) is 18.3 Å². The molecular formula is C14H23N3O2. The fraction of sp³-hybridized carbons (Fsp3) is 0.714. The smallest absolute Gasteiger partial charge is 0.341 e. The quantitative estimate of drug-likeness (QED) is 0.779. The highest BCUT2D eigenvalue weighted by atomic mass is 16.5. The third kappa shape index (κ3) is 2.97. The van der Waals surface area contributed by atoms with Gasteiger partial charge in [-0.25, -0.2) is 4.79 Å². The molecule has 0 aliphatic carbocycles. The molecule has 1 aromatic heterocycles. The minimum Gasteiger partial charge on any atom is -0.462 e. The molecule has 1 aliphatic heterocycles. The van der Waals surface area contributed by atoms with Crippen molar-refractivity contribution < 1.29 is 9.53 Å². The monoisotopic (exact) mass is 265 g/mol. The lowest BCUT2D eigenvalue weighted by Gasteiger charge is -2.21. The highest BCUT2D eigenvalue weighted by molar-refractivity contribution is 5.90. The number of ether oxygens (including phenoxy) is 1. The molecular weight excluding hydrogens is 242 g/mol. The van der Waals surface area contributed by atoms with Crippen LogP contribution >= 0.6 is 0 Å². The van der Waals surface area contributed by atoms with E-state index in [1.54, 1.807) is 10.9 Å². The van der Waals surface area contributed by atoms with Gasteiger partial charge >= 0.3 is 5.97 Å². The van der Waals surface area contributed by atoms with Crippen LogP contribution in [0.5, 0.6) is 0 Å². The topological polar surface area (TPSA) is 47.4 Å². The lowest BCUT2D eigenvalue weighted by atomic mass is 10.1. The maximum absolute atomic E-state index is 11.9. The van der Waals surface area contributed by atoms with Crippen molar-refractivity contribution in [3.05, 3.63) is 17.5 Å². The van der Waals surface area contributed by atoms with Crippen molar-refractivity contribution in [3.63, 3.8) is 0 Å². The molecule has 0 bridgehead atoms. The maximum Gasteiger partial charge on any atom is 0.341 e. The molecule has 106 valence electrons. The standard InChI is InChI=1S/C14H23N3O2/c1-5-19-14(18)12-7-15-16(4)13(12)9-17-8-10(2)6-11(17)3/h7,10-11H,5-6,8-9H2,1-4H3. The zero-order valence-corrected chi connectivity index (χ0v) is 12.2. The lowest BCUT2D eigenvalue weighted by molar-refractivity contribution is 0.0523. The van der Waals surface area contributed by atoms with Crippen LogP contribution in [0.3, 0.4) is 0 Å². The molecule has 1 aromatic rings. The molecule has 5 nitrogen and oxygen atoms in total. The fourth-order valence-corrected chi connectivity index (χ4v) is 2.83. The number of carbonyl (C=O) groups excluding carboxylic acids is 1. The van der Waals surface area contributed by atoms with Gasteiger partial charge in [-0.2, -0.15) is 5.10 Å². The number of hydrogen-bond donors (Lipinski definition) is 0. The Balaban J connectivity index is 2.15. The normalized spacial score (nSPS) is 23.8. The van der Waals surface area contributed by atoms with E-state index in [1.807, 2.05) is 14.0 Å². The summed E-state index contributed by atoms with van der Waals surface area (Å²) in [5.74, 6) is 0.444. The van der Waals surface area contributed by atoms with Gasteiger partial charge in [0.1, 0.15) is 5.56 Å². The van der Waals surface area contributed by atoms with Crippen LogP contribution in [0.4, 0.5) is 0 Å². The van der Waals surface area contributed by atoms with E-state index in [0.717, 1.165) is 18.8 Å². The van der Waals surface area contributed by atoms with Crippen molar-refractivity contribution in [1.82, 2.24) is 14.7 Å². The van der Waals surface area contributed by atoms with Crippen LogP contribution in [0.2, 0.25) is 0 Å². The first-order valence-electron chi connectivity index (χ1n) is 6.95. The number of hydrogen-bond acceptors (Lipinski definition) is 4. The summed E-state index contributed by atoms with van der Waals surface area (Å²) in [4.78, 5) is 14.3. The van der Waals surface area contributed by atoms with Crippen molar-refractivity contribution in [3.8, 4) is 0 Å². The van der Waals surface area contributed by atoms with Crippen molar-refractivity contribution in [1.29, 1.82) is 0 Å². The average Bonchev–Trinajstić information content (AvgIpc) is 2.85. The van der Waals surface area contributed by atoms with Gasteiger partial charge in [-0.15, -0.1) is 0 Å². The van der Waals surface area contributed by atoms with Crippen LogP contribution in [0.1, 0.15) is 43.2 Å². The Kier molecular flexibility index (Phi) is 4.24. The number of nitrogens with zero attached hydrogens (tertiary/aromatic N) is 3. The Morgan fingerprint density at radius 1 is 1.53 bits per heavy atom. The Morgan fingerprint density at radius 3 is 2.84 bits per heavy atom. The lowest BCUT2D eigenvalue weighted by Crippen LogP contribution is -2.28. The zero-order chi connectivity index (χ0) is 14.0. The summed E-state index contributed by atoms with van der Waals surface area (Å²) < 4.78 is 6.86. The highest BCUT2D eigenvalue weighted by Crippen LogP contribution is 2.25. The summed E-state index contributed by atoms with van der Waals surface area (Å²) >= 11 is 0. The van der Waals surface area contributed by atoms with E-state index in [0.29, 0.717) is 24.1 Å². The summed E-state index contributed by atoms with van der Waals surface area (Å²) in [5.41, 5.74) is 1.54.